The first kappa shape index (κ1) is 18.7. The molecule has 1 N–H and O–H groups in total. The maximum absolute atomic E-state index is 13.2. The number of carbonyl (C=O) groups excluding carboxylic acids is 2. The fourth-order valence-corrected chi connectivity index (χ4v) is 4.56. The van der Waals surface area contributed by atoms with E-state index in [-0.39, 0.29) is 18.2 Å². The van der Waals surface area contributed by atoms with Crippen LogP contribution in [0.4, 0.5) is 5.69 Å². The molecule has 0 bridgehead atoms. The van der Waals surface area contributed by atoms with Crippen LogP contribution in [0.25, 0.3) is 10.9 Å². The minimum Gasteiger partial charge on any atom is -0.497 e. The topological polar surface area (TPSA) is 74.9 Å². The molecule has 30 heavy (non-hydrogen) atoms. The highest BCUT2D eigenvalue weighted by Gasteiger charge is 2.43. The predicted molar refractivity (Wildman–Crippen MR) is 113 cm³/mol. The van der Waals surface area contributed by atoms with Crippen LogP contribution >= 0.6 is 0 Å². The van der Waals surface area contributed by atoms with Crippen LogP contribution in [0, 0.1) is 0 Å². The highest BCUT2D eigenvalue weighted by molar-refractivity contribution is 6.22. The standard InChI is InChI=1S/C23H23N3O4/c1-29-15-5-3-4-14(10-15)26-22(27)12-21(23(26)28)25-9-8-17-18-11-16(30-2)6-7-19(18)24-20(17)13-25/h3-7,10-11,21,24H,8-9,12-13H2,1-2H3/t21-/m1/s1. The molecule has 1 aromatic heterocycles. The lowest BCUT2D eigenvalue weighted by Crippen LogP contribution is -2.44. The number of hydrogen-bond acceptors (Lipinski definition) is 5. The van der Waals surface area contributed by atoms with Crippen LogP contribution in [-0.2, 0) is 22.6 Å². The number of nitrogens with one attached hydrogen (secondary N) is 1. The van der Waals surface area contributed by atoms with E-state index in [9.17, 15) is 9.59 Å². The third kappa shape index (κ3) is 2.93. The van der Waals surface area contributed by atoms with E-state index in [1.807, 2.05) is 12.1 Å². The SMILES string of the molecule is COc1cccc(N2C(=O)C[C@@H](N3CCc4c([nH]c5ccc(OC)cc45)C3)C2=O)c1. The summed E-state index contributed by atoms with van der Waals surface area (Å²) in [6, 6.07) is 12.6. The number of aromatic amines is 1. The number of fused-ring (bicyclic) bond motifs is 3. The van der Waals surface area contributed by atoms with Gasteiger partial charge in [0.15, 0.2) is 0 Å². The number of ether oxygens (including phenoxy) is 2. The molecule has 1 fully saturated rings. The Bertz CT molecular complexity index is 1150. The van der Waals surface area contributed by atoms with Crippen molar-refractivity contribution in [2.75, 3.05) is 25.7 Å². The van der Waals surface area contributed by atoms with Gasteiger partial charge in [0.25, 0.3) is 5.91 Å². The van der Waals surface area contributed by atoms with Crippen LogP contribution in [-0.4, -0.2) is 48.5 Å². The monoisotopic (exact) mass is 405 g/mol. The summed E-state index contributed by atoms with van der Waals surface area (Å²) in [5, 5.41) is 1.16. The first-order valence-corrected chi connectivity index (χ1v) is 10.0. The van der Waals surface area contributed by atoms with Crippen molar-refractivity contribution in [3.8, 4) is 11.5 Å². The summed E-state index contributed by atoms with van der Waals surface area (Å²) in [6.45, 7) is 1.34. The van der Waals surface area contributed by atoms with E-state index < -0.39 is 6.04 Å². The number of methoxy groups -OCH3 is 2. The molecule has 7 nitrogen and oxygen atoms in total. The van der Waals surface area contributed by atoms with E-state index in [0.29, 0.717) is 18.0 Å². The summed E-state index contributed by atoms with van der Waals surface area (Å²) < 4.78 is 10.6. The zero-order valence-electron chi connectivity index (χ0n) is 17.0. The second kappa shape index (κ2) is 7.18. The maximum Gasteiger partial charge on any atom is 0.251 e. The Morgan fingerprint density at radius 2 is 1.83 bits per heavy atom. The second-order valence-corrected chi connectivity index (χ2v) is 7.70. The van der Waals surface area contributed by atoms with Gasteiger partial charge in [0.05, 0.1) is 32.4 Å². The summed E-state index contributed by atoms with van der Waals surface area (Å²) in [7, 11) is 3.23. The molecule has 1 saturated heterocycles. The maximum atomic E-state index is 13.2. The van der Waals surface area contributed by atoms with Crippen LogP contribution in [0.3, 0.4) is 0 Å². The third-order valence-corrected chi connectivity index (χ3v) is 6.09. The largest absolute Gasteiger partial charge is 0.497 e. The molecule has 2 aliphatic rings. The van der Waals surface area contributed by atoms with E-state index in [1.165, 1.54) is 10.5 Å². The van der Waals surface area contributed by atoms with E-state index in [4.69, 9.17) is 9.47 Å². The van der Waals surface area contributed by atoms with Gasteiger partial charge in [-0.05, 0) is 42.3 Å². The molecule has 7 heteroatoms. The molecular weight excluding hydrogens is 382 g/mol. The van der Waals surface area contributed by atoms with E-state index in [1.54, 1.807) is 38.5 Å². The van der Waals surface area contributed by atoms with E-state index >= 15 is 0 Å². The van der Waals surface area contributed by atoms with Crippen molar-refractivity contribution < 1.29 is 19.1 Å². The number of hydrogen-bond donors (Lipinski definition) is 1. The molecule has 3 heterocycles. The highest BCUT2D eigenvalue weighted by atomic mass is 16.5. The minimum absolute atomic E-state index is 0.172. The van der Waals surface area contributed by atoms with Crippen molar-refractivity contribution in [2.24, 2.45) is 0 Å². The summed E-state index contributed by atoms with van der Waals surface area (Å²) in [5.41, 5.74) is 3.99. The van der Waals surface area contributed by atoms with Crippen LogP contribution in [0.5, 0.6) is 11.5 Å². The lowest BCUT2D eigenvalue weighted by Gasteiger charge is -2.30. The van der Waals surface area contributed by atoms with E-state index in [0.717, 1.165) is 35.3 Å². The molecule has 2 aromatic carbocycles. The van der Waals surface area contributed by atoms with Crippen LogP contribution in [0.15, 0.2) is 42.5 Å². The van der Waals surface area contributed by atoms with Gasteiger partial charge in [0.2, 0.25) is 5.91 Å². The molecule has 0 unspecified atom stereocenters. The molecule has 3 aromatic rings. The van der Waals surface area contributed by atoms with Gasteiger partial charge in [0, 0.05) is 35.8 Å². The van der Waals surface area contributed by atoms with Gasteiger partial charge in [-0.15, -0.1) is 0 Å². The van der Waals surface area contributed by atoms with Crippen LogP contribution in [0.1, 0.15) is 17.7 Å². The Hall–Kier alpha value is -3.32. The van der Waals surface area contributed by atoms with E-state index in [2.05, 4.69) is 16.0 Å². The normalized spacial score (nSPS) is 19.4. The van der Waals surface area contributed by atoms with Gasteiger partial charge in [0.1, 0.15) is 11.5 Å². The van der Waals surface area contributed by atoms with Crippen molar-refractivity contribution in [2.45, 2.75) is 25.4 Å². The molecule has 0 aliphatic carbocycles. The Kier molecular flexibility index (Phi) is 4.47. The van der Waals surface area contributed by atoms with Gasteiger partial charge >= 0.3 is 0 Å². The van der Waals surface area contributed by atoms with Crippen molar-refractivity contribution in [1.29, 1.82) is 0 Å². The number of carbonyl (C=O) groups is 2. The fourth-order valence-electron chi connectivity index (χ4n) is 4.56. The summed E-state index contributed by atoms with van der Waals surface area (Å²) in [6.07, 6.45) is 1.01. The quantitative estimate of drug-likeness (QED) is 0.676. The Labute approximate surface area is 174 Å². The molecule has 154 valence electrons. The number of imide groups is 1. The van der Waals surface area contributed by atoms with Gasteiger partial charge in [-0.2, -0.15) is 0 Å². The highest BCUT2D eigenvalue weighted by Crippen LogP contribution is 2.34. The Morgan fingerprint density at radius 1 is 1.03 bits per heavy atom. The number of anilines is 1. The summed E-state index contributed by atoms with van der Waals surface area (Å²) in [5.74, 6) is 1.10. The van der Waals surface area contributed by atoms with Gasteiger partial charge < -0.3 is 14.5 Å². The van der Waals surface area contributed by atoms with Crippen molar-refractivity contribution in [3.05, 3.63) is 53.7 Å². The first-order chi connectivity index (χ1) is 14.6. The number of H-pyrrole nitrogens is 1. The molecule has 0 radical (unpaired) electrons. The minimum atomic E-state index is -0.446. The number of nitrogens with zero attached hydrogens (tertiary/aromatic N) is 2. The van der Waals surface area contributed by atoms with Crippen molar-refractivity contribution in [1.82, 2.24) is 9.88 Å². The van der Waals surface area contributed by atoms with Crippen molar-refractivity contribution in [3.63, 3.8) is 0 Å². The van der Waals surface area contributed by atoms with Gasteiger partial charge in [-0.3, -0.25) is 14.5 Å². The summed E-state index contributed by atoms with van der Waals surface area (Å²) >= 11 is 0. The molecule has 1 atom stereocenters. The average Bonchev–Trinajstić information content (AvgIpc) is 3.28. The van der Waals surface area contributed by atoms with Crippen molar-refractivity contribution >= 4 is 28.4 Å². The zero-order chi connectivity index (χ0) is 20.8. The molecule has 2 amide bonds. The molecule has 0 spiro atoms. The zero-order valence-corrected chi connectivity index (χ0v) is 17.0. The number of aromatic nitrogens is 1. The van der Waals surface area contributed by atoms with Crippen LogP contribution in [0.2, 0.25) is 0 Å². The molecule has 2 aliphatic heterocycles. The van der Waals surface area contributed by atoms with Gasteiger partial charge in [-0.1, -0.05) is 6.07 Å². The first-order valence-electron chi connectivity index (χ1n) is 10.0. The number of benzene rings is 2. The second-order valence-electron chi connectivity index (χ2n) is 7.70. The number of rotatable bonds is 4. The Morgan fingerprint density at radius 3 is 2.63 bits per heavy atom. The lowest BCUT2D eigenvalue weighted by molar-refractivity contribution is -0.123. The molecule has 5 rings (SSSR count). The molecule has 0 saturated carbocycles. The lowest BCUT2D eigenvalue weighted by atomic mass is 10.0. The smallest absolute Gasteiger partial charge is 0.251 e. The Balaban J connectivity index is 1.41. The van der Waals surface area contributed by atoms with Crippen LogP contribution < -0.4 is 14.4 Å². The fraction of sp³-hybridized carbons (Fsp3) is 0.304. The molecular formula is C23H23N3O4. The van der Waals surface area contributed by atoms with Gasteiger partial charge in [-0.25, -0.2) is 4.90 Å². The average molecular weight is 405 g/mol. The third-order valence-electron chi connectivity index (χ3n) is 6.09. The summed E-state index contributed by atoms with van der Waals surface area (Å²) in [4.78, 5) is 32.8. The number of amides is 2. The predicted octanol–water partition coefficient (Wildman–Crippen LogP) is 2.88.